The first-order valence-corrected chi connectivity index (χ1v) is 9.49. The zero-order valence-electron chi connectivity index (χ0n) is 15.9. The lowest BCUT2D eigenvalue weighted by atomic mass is 10.2. The van der Waals surface area contributed by atoms with Crippen LogP contribution in [0, 0.1) is 0 Å². The second-order valence-electron chi connectivity index (χ2n) is 7.44. The summed E-state index contributed by atoms with van der Waals surface area (Å²) in [5, 5.41) is 4.67. The van der Waals surface area contributed by atoms with Crippen molar-refractivity contribution in [2.24, 2.45) is 5.73 Å². The Balaban J connectivity index is 1.57. The second-order valence-corrected chi connectivity index (χ2v) is 7.44. The van der Waals surface area contributed by atoms with Crippen molar-refractivity contribution >= 4 is 11.8 Å². The van der Waals surface area contributed by atoms with Gasteiger partial charge in [-0.3, -0.25) is 19.2 Å². The minimum atomic E-state index is -0.295. The Morgan fingerprint density at radius 3 is 2.62 bits per heavy atom. The number of fused-ring (bicyclic) bond motifs is 1. The van der Waals surface area contributed by atoms with Crippen LogP contribution in [0.1, 0.15) is 31.2 Å². The third-order valence-electron chi connectivity index (χ3n) is 5.50. The van der Waals surface area contributed by atoms with Gasteiger partial charge in [-0.2, -0.15) is 5.10 Å². The molecule has 1 saturated heterocycles. The highest BCUT2D eigenvalue weighted by Gasteiger charge is 2.24. The van der Waals surface area contributed by atoms with Gasteiger partial charge in [0.05, 0.1) is 17.4 Å². The number of aromatic nitrogens is 2. The van der Waals surface area contributed by atoms with Crippen LogP contribution in [0.3, 0.4) is 0 Å². The van der Waals surface area contributed by atoms with Crippen molar-refractivity contribution in [2.75, 3.05) is 39.8 Å². The highest BCUT2D eigenvalue weighted by molar-refractivity contribution is 5.79. The number of rotatable bonds is 5. The van der Waals surface area contributed by atoms with Gasteiger partial charge in [-0.15, -0.1) is 0 Å². The molecule has 2 aliphatic rings. The third kappa shape index (κ3) is 4.42. The molecule has 2 amide bonds. The van der Waals surface area contributed by atoms with E-state index in [1.165, 1.54) is 0 Å². The van der Waals surface area contributed by atoms with E-state index in [4.69, 9.17) is 5.73 Å². The number of primary amides is 1. The summed E-state index contributed by atoms with van der Waals surface area (Å²) in [4.78, 5) is 30.2. The first-order chi connectivity index (χ1) is 12.4. The maximum Gasteiger partial charge on any atom is 0.234 e. The fourth-order valence-corrected chi connectivity index (χ4v) is 3.63. The van der Waals surface area contributed by atoms with Gasteiger partial charge in [0.15, 0.2) is 0 Å². The lowest BCUT2D eigenvalue weighted by molar-refractivity contribution is -0.132. The summed E-state index contributed by atoms with van der Waals surface area (Å²) in [6, 6.07) is 1.79. The van der Waals surface area contributed by atoms with Crippen LogP contribution in [0.5, 0.6) is 0 Å². The Labute approximate surface area is 154 Å². The predicted octanol–water partition coefficient (Wildman–Crippen LogP) is -0.331. The number of aryl methyl sites for hydroxylation is 2. The van der Waals surface area contributed by atoms with Gasteiger partial charge >= 0.3 is 0 Å². The molecule has 144 valence electrons. The molecule has 0 saturated carbocycles. The van der Waals surface area contributed by atoms with Crippen LogP contribution in [0.25, 0.3) is 0 Å². The summed E-state index contributed by atoms with van der Waals surface area (Å²) in [7, 11) is 2.09. The van der Waals surface area contributed by atoms with Crippen LogP contribution in [0.15, 0.2) is 6.07 Å². The molecule has 1 aromatic rings. The lowest BCUT2D eigenvalue weighted by Crippen LogP contribution is -2.47. The highest BCUT2D eigenvalue weighted by Crippen LogP contribution is 2.17. The fourth-order valence-electron chi connectivity index (χ4n) is 3.63. The zero-order valence-corrected chi connectivity index (χ0v) is 15.9. The molecule has 3 rings (SSSR count). The average Bonchev–Trinajstić information content (AvgIpc) is 2.89. The molecular weight excluding hydrogens is 332 g/mol. The van der Waals surface area contributed by atoms with Crippen LogP contribution in [0.4, 0.5) is 0 Å². The van der Waals surface area contributed by atoms with Crippen LogP contribution in [0.2, 0.25) is 0 Å². The van der Waals surface area contributed by atoms with E-state index < -0.39 is 0 Å². The standard InChI is InChI=1S/C18H30N6O2/c1-14(18(19)26)23-6-3-7-24-16(13-23)12-15(20-24)4-5-17(25)22-10-8-21(2)9-11-22/h12,14H,3-11,13H2,1-2H3,(H2,19,26)/t14-/m1/s1. The number of nitrogens with zero attached hydrogens (tertiary/aromatic N) is 5. The molecule has 1 atom stereocenters. The Morgan fingerprint density at radius 1 is 1.19 bits per heavy atom. The second kappa shape index (κ2) is 8.18. The number of carbonyl (C=O) groups is 2. The van der Waals surface area contributed by atoms with E-state index >= 15 is 0 Å². The van der Waals surface area contributed by atoms with E-state index in [0.717, 1.165) is 57.1 Å². The molecule has 2 N–H and O–H groups in total. The monoisotopic (exact) mass is 362 g/mol. The first kappa shape index (κ1) is 18.8. The minimum Gasteiger partial charge on any atom is -0.368 e. The van der Waals surface area contributed by atoms with Crippen molar-refractivity contribution in [3.8, 4) is 0 Å². The van der Waals surface area contributed by atoms with Crippen molar-refractivity contribution in [1.82, 2.24) is 24.5 Å². The summed E-state index contributed by atoms with van der Waals surface area (Å²) in [6.45, 7) is 7.71. The number of hydrogen-bond donors (Lipinski definition) is 1. The zero-order chi connectivity index (χ0) is 18.7. The topological polar surface area (TPSA) is 87.7 Å². The molecule has 1 fully saturated rings. The molecule has 8 heteroatoms. The molecule has 8 nitrogen and oxygen atoms in total. The minimum absolute atomic E-state index is 0.213. The number of amides is 2. The van der Waals surface area contributed by atoms with Gasteiger partial charge in [-0.1, -0.05) is 0 Å². The molecule has 2 aliphatic heterocycles. The Bertz CT molecular complexity index is 650. The van der Waals surface area contributed by atoms with E-state index in [0.29, 0.717) is 19.4 Å². The molecule has 0 aromatic carbocycles. The Morgan fingerprint density at radius 2 is 1.92 bits per heavy atom. The number of carbonyl (C=O) groups excluding carboxylic acids is 2. The molecule has 0 radical (unpaired) electrons. The molecular formula is C18H30N6O2. The average molecular weight is 362 g/mol. The Kier molecular flexibility index (Phi) is 5.93. The normalized spacial score (nSPS) is 20.5. The van der Waals surface area contributed by atoms with E-state index in [1.807, 2.05) is 16.5 Å². The summed E-state index contributed by atoms with van der Waals surface area (Å²) in [6.07, 6.45) is 2.10. The van der Waals surface area contributed by atoms with Crippen LogP contribution < -0.4 is 5.73 Å². The maximum absolute atomic E-state index is 12.4. The molecule has 26 heavy (non-hydrogen) atoms. The van der Waals surface area contributed by atoms with E-state index in [1.54, 1.807) is 0 Å². The van der Waals surface area contributed by atoms with Crippen molar-refractivity contribution in [3.05, 3.63) is 17.5 Å². The number of hydrogen-bond acceptors (Lipinski definition) is 5. The van der Waals surface area contributed by atoms with E-state index in [-0.39, 0.29) is 17.9 Å². The third-order valence-corrected chi connectivity index (χ3v) is 5.50. The first-order valence-electron chi connectivity index (χ1n) is 9.49. The van der Waals surface area contributed by atoms with E-state index in [2.05, 4.69) is 28.0 Å². The van der Waals surface area contributed by atoms with Crippen molar-refractivity contribution in [1.29, 1.82) is 0 Å². The molecule has 1 aromatic heterocycles. The van der Waals surface area contributed by atoms with Gasteiger partial charge < -0.3 is 15.5 Å². The number of nitrogens with two attached hydrogens (primary N) is 1. The summed E-state index contributed by atoms with van der Waals surface area (Å²) in [5.74, 6) is -0.0822. The highest BCUT2D eigenvalue weighted by atomic mass is 16.2. The van der Waals surface area contributed by atoms with Crippen molar-refractivity contribution in [3.63, 3.8) is 0 Å². The smallest absolute Gasteiger partial charge is 0.234 e. The largest absolute Gasteiger partial charge is 0.368 e. The van der Waals surface area contributed by atoms with Gasteiger partial charge in [-0.25, -0.2) is 0 Å². The molecule has 3 heterocycles. The molecule has 0 spiro atoms. The van der Waals surface area contributed by atoms with Gasteiger partial charge in [0.25, 0.3) is 0 Å². The maximum atomic E-state index is 12.4. The van der Waals surface area contributed by atoms with Crippen molar-refractivity contribution in [2.45, 2.75) is 45.3 Å². The Hall–Kier alpha value is -1.93. The number of likely N-dealkylation sites (N-methyl/N-ethyl adjacent to an activating group) is 1. The summed E-state index contributed by atoms with van der Waals surface area (Å²) >= 11 is 0. The van der Waals surface area contributed by atoms with Gasteiger partial charge in [-0.05, 0) is 26.5 Å². The molecule has 0 unspecified atom stereocenters. The van der Waals surface area contributed by atoms with Gasteiger partial charge in [0, 0.05) is 58.7 Å². The van der Waals surface area contributed by atoms with Crippen LogP contribution in [-0.4, -0.2) is 82.1 Å². The summed E-state index contributed by atoms with van der Waals surface area (Å²) in [5.41, 5.74) is 7.51. The SMILES string of the molecule is C[C@H](C(N)=O)N1CCCn2nc(CCC(=O)N3CCN(C)CC3)cc2C1. The predicted molar refractivity (Wildman–Crippen MR) is 98.3 cm³/mol. The molecule has 0 aliphatic carbocycles. The lowest BCUT2D eigenvalue weighted by Gasteiger charge is -2.32. The molecule has 0 bridgehead atoms. The quantitative estimate of drug-likeness (QED) is 0.775. The van der Waals surface area contributed by atoms with Gasteiger partial charge in [0.1, 0.15) is 0 Å². The van der Waals surface area contributed by atoms with Crippen LogP contribution in [-0.2, 0) is 29.1 Å². The number of piperazine rings is 1. The van der Waals surface area contributed by atoms with Crippen LogP contribution >= 0.6 is 0 Å². The summed E-state index contributed by atoms with van der Waals surface area (Å²) < 4.78 is 2.02. The van der Waals surface area contributed by atoms with Gasteiger partial charge in [0.2, 0.25) is 11.8 Å². The van der Waals surface area contributed by atoms with E-state index in [9.17, 15) is 9.59 Å². The fraction of sp³-hybridized carbons (Fsp3) is 0.722. The van der Waals surface area contributed by atoms with Crippen molar-refractivity contribution < 1.29 is 9.59 Å².